The average Bonchev–Trinajstić information content (AvgIpc) is 3.08. The Labute approximate surface area is 164 Å². The maximum Gasteiger partial charge on any atom is 0.332 e. The molecule has 0 spiro atoms. The van der Waals surface area contributed by atoms with E-state index in [1.165, 1.54) is 15.6 Å². The smallest absolute Gasteiger partial charge is 0.311 e. The van der Waals surface area contributed by atoms with Gasteiger partial charge in [-0.2, -0.15) is 4.98 Å². The summed E-state index contributed by atoms with van der Waals surface area (Å²) >= 11 is 0. The van der Waals surface area contributed by atoms with E-state index in [4.69, 9.17) is 4.98 Å². The molecule has 0 bridgehead atoms. The van der Waals surface area contributed by atoms with Crippen LogP contribution in [0.1, 0.15) is 64.4 Å². The summed E-state index contributed by atoms with van der Waals surface area (Å²) in [5.41, 5.74) is 2.84. The van der Waals surface area contributed by atoms with Gasteiger partial charge in [0.25, 0.3) is 5.56 Å². The van der Waals surface area contributed by atoms with Crippen molar-refractivity contribution < 1.29 is 0 Å². The number of hydrogen-bond donors (Lipinski definition) is 0. The molecule has 1 aliphatic rings. The average molecular weight is 386 g/mol. The number of nitrogens with zero attached hydrogens (tertiary/aromatic N) is 5. The van der Waals surface area contributed by atoms with Crippen molar-refractivity contribution in [1.82, 2.24) is 23.1 Å². The summed E-state index contributed by atoms with van der Waals surface area (Å²) in [6.45, 7) is 13.3. The molecule has 1 aliphatic carbocycles. The van der Waals surface area contributed by atoms with E-state index in [9.17, 15) is 9.59 Å². The predicted molar refractivity (Wildman–Crippen MR) is 111 cm³/mol. The highest BCUT2D eigenvalue weighted by Gasteiger charge is 2.35. The second kappa shape index (κ2) is 6.09. The van der Waals surface area contributed by atoms with Crippen LogP contribution < -0.4 is 11.2 Å². The third kappa shape index (κ3) is 2.51. The highest BCUT2D eigenvalue weighted by atomic mass is 16.2. The SMILES string of the molecule is CCn1c(=O)c2c(nc3n([C@H]4C[C@@H](C)CC(C)(C)C4)c(C)c(C)n23)n(C)c1=O. The summed E-state index contributed by atoms with van der Waals surface area (Å²) in [5, 5.41) is 0. The van der Waals surface area contributed by atoms with Crippen molar-refractivity contribution in [2.45, 2.75) is 73.4 Å². The molecule has 28 heavy (non-hydrogen) atoms. The second-order valence-electron chi connectivity index (χ2n) is 9.42. The van der Waals surface area contributed by atoms with Crippen LogP contribution in [-0.4, -0.2) is 23.1 Å². The summed E-state index contributed by atoms with van der Waals surface area (Å²) in [5.74, 6) is 1.42. The van der Waals surface area contributed by atoms with Gasteiger partial charge < -0.3 is 4.57 Å². The minimum atomic E-state index is -0.311. The van der Waals surface area contributed by atoms with Gasteiger partial charge in [0.1, 0.15) is 0 Å². The van der Waals surface area contributed by atoms with E-state index in [1.54, 1.807) is 7.05 Å². The molecule has 0 amide bonds. The zero-order valence-electron chi connectivity index (χ0n) is 18.0. The molecule has 0 aliphatic heterocycles. The van der Waals surface area contributed by atoms with Crippen LogP contribution in [0.5, 0.6) is 0 Å². The fraction of sp³-hybridized carbons (Fsp3) is 0.667. The molecule has 0 unspecified atom stereocenters. The number of fused-ring (bicyclic) bond motifs is 3. The number of aryl methyl sites for hydroxylation is 2. The van der Waals surface area contributed by atoms with E-state index in [0.717, 1.165) is 30.0 Å². The van der Waals surface area contributed by atoms with Gasteiger partial charge in [-0.1, -0.05) is 20.8 Å². The predicted octanol–water partition coefficient (Wildman–Crippen LogP) is 3.17. The zero-order chi connectivity index (χ0) is 20.5. The van der Waals surface area contributed by atoms with Gasteiger partial charge in [-0.05, 0) is 51.4 Å². The van der Waals surface area contributed by atoms with Crippen LogP contribution in [-0.2, 0) is 13.6 Å². The third-order valence-corrected chi connectivity index (χ3v) is 6.61. The van der Waals surface area contributed by atoms with Crippen molar-refractivity contribution in [2.75, 3.05) is 0 Å². The summed E-state index contributed by atoms with van der Waals surface area (Å²) in [6.07, 6.45) is 3.42. The number of hydrogen-bond acceptors (Lipinski definition) is 3. The van der Waals surface area contributed by atoms with E-state index in [-0.39, 0.29) is 16.7 Å². The zero-order valence-corrected chi connectivity index (χ0v) is 18.0. The maximum atomic E-state index is 13.1. The van der Waals surface area contributed by atoms with E-state index >= 15 is 0 Å². The van der Waals surface area contributed by atoms with Crippen LogP contribution in [0.2, 0.25) is 0 Å². The Morgan fingerprint density at radius 2 is 1.82 bits per heavy atom. The summed E-state index contributed by atoms with van der Waals surface area (Å²) in [4.78, 5) is 30.5. The maximum absolute atomic E-state index is 13.1. The second-order valence-corrected chi connectivity index (χ2v) is 9.42. The molecule has 0 radical (unpaired) electrons. The normalized spacial score (nSPS) is 22.4. The van der Waals surface area contributed by atoms with E-state index in [0.29, 0.717) is 29.7 Å². The molecule has 3 aromatic heterocycles. The van der Waals surface area contributed by atoms with Gasteiger partial charge in [0.2, 0.25) is 5.78 Å². The molecule has 0 saturated heterocycles. The molecule has 152 valence electrons. The number of rotatable bonds is 2. The lowest BCUT2D eigenvalue weighted by atomic mass is 9.70. The molecule has 0 N–H and O–H groups in total. The van der Waals surface area contributed by atoms with Crippen LogP contribution in [0, 0.1) is 25.2 Å². The first kappa shape index (κ1) is 19.0. The molecular weight excluding hydrogens is 354 g/mol. The minimum Gasteiger partial charge on any atom is -0.311 e. The highest BCUT2D eigenvalue weighted by Crippen LogP contribution is 2.45. The lowest BCUT2D eigenvalue weighted by molar-refractivity contribution is 0.138. The topological polar surface area (TPSA) is 66.2 Å². The lowest BCUT2D eigenvalue weighted by Crippen LogP contribution is -2.38. The van der Waals surface area contributed by atoms with E-state index < -0.39 is 0 Å². The molecule has 4 rings (SSSR count). The molecule has 7 nitrogen and oxygen atoms in total. The molecule has 1 fully saturated rings. The number of aromatic nitrogens is 5. The van der Waals surface area contributed by atoms with Crippen LogP contribution in [0.15, 0.2) is 9.59 Å². The van der Waals surface area contributed by atoms with Gasteiger partial charge in [-0.15, -0.1) is 0 Å². The molecule has 7 heteroatoms. The minimum absolute atomic E-state index is 0.259. The first-order chi connectivity index (χ1) is 13.1. The first-order valence-electron chi connectivity index (χ1n) is 10.3. The monoisotopic (exact) mass is 385 g/mol. The van der Waals surface area contributed by atoms with Gasteiger partial charge >= 0.3 is 5.69 Å². The summed E-state index contributed by atoms with van der Waals surface area (Å²) in [7, 11) is 1.70. The Morgan fingerprint density at radius 1 is 1.14 bits per heavy atom. The van der Waals surface area contributed by atoms with Crippen molar-refractivity contribution in [1.29, 1.82) is 0 Å². The van der Waals surface area contributed by atoms with Gasteiger partial charge in [-0.3, -0.25) is 18.3 Å². The molecule has 3 aromatic rings. The Balaban J connectivity index is 2.08. The fourth-order valence-corrected chi connectivity index (χ4v) is 5.48. The van der Waals surface area contributed by atoms with E-state index in [2.05, 4.69) is 32.3 Å². The number of imidazole rings is 2. The van der Waals surface area contributed by atoms with Gasteiger partial charge in [0.15, 0.2) is 11.2 Å². The van der Waals surface area contributed by atoms with Crippen molar-refractivity contribution >= 4 is 16.9 Å². The fourth-order valence-electron chi connectivity index (χ4n) is 5.48. The van der Waals surface area contributed by atoms with Crippen molar-refractivity contribution in [3.8, 4) is 0 Å². The lowest BCUT2D eigenvalue weighted by Gasteiger charge is -2.40. The van der Waals surface area contributed by atoms with Gasteiger partial charge in [-0.25, -0.2) is 4.79 Å². The molecule has 0 aromatic carbocycles. The molecule has 1 saturated carbocycles. The quantitative estimate of drug-likeness (QED) is 0.680. The Bertz CT molecular complexity index is 1200. The highest BCUT2D eigenvalue weighted by molar-refractivity contribution is 5.76. The van der Waals surface area contributed by atoms with Crippen LogP contribution >= 0.6 is 0 Å². The van der Waals surface area contributed by atoms with Crippen LogP contribution in [0.3, 0.4) is 0 Å². The van der Waals surface area contributed by atoms with Gasteiger partial charge in [0.05, 0.1) is 0 Å². The van der Waals surface area contributed by atoms with Crippen molar-refractivity contribution in [3.63, 3.8) is 0 Å². The Morgan fingerprint density at radius 3 is 2.43 bits per heavy atom. The van der Waals surface area contributed by atoms with Crippen LogP contribution in [0.4, 0.5) is 0 Å². The molecule has 2 atom stereocenters. The summed E-state index contributed by atoms with van der Waals surface area (Å²) < 4.78 is 7.06. The Kier molecular flexibility index (Phi) is 4.14. The van der Waals surface area contributed by atoms with Gasteiger partial charge in [0, 0.05) is 31.0 Å². The molecular formula is C21H31N5O2. The standard InChI is InChI=1S/C21H31N5O2/c1-8-24-18(27)16-17(23(7)20(24)28)22-19-25(13(3)14(4)26(16)19)15-9-12(2)10-21(5,6)11-15/h12,15H,8-11H2,1-7H3/t12-,15+/m1/s1. The first-order valence-corrected chi connectivity index (χ1v) is 10.3. The van der Waals surface area contributed by atoms with Crippen molar-refractivity contribution in [2.24, 2.45) is 18.4 Å². The summed E-state index contributed by atoms with van der Waals surface area (Å²) in [6, 6.07) is 0.345. The van der Waals surface area contributed by atoms with Crippen molar-refractivity contribution in [3.05, 3.63) is 32.2 Å². The molecule has 3 heterocycles. The largest absolute Gasteiger partial charge is 0.332 e. The van der Waals surface area contributed by atoms with Crippen LogP contribution in [0.25, 0.3) is 16.9 Å². The Hall–Kier alpha value is -2.31. The third-order valence-electron chi connectivity index (χ3n) is 6.61. The van der Waals surface area contributed by atoms with E-state index in [1.807, 2.05) is 18.2 Å².